The molecule has 170 valence electrons. The highest BCUT2D eigenvalue weighted by Gasteiger charge is 2.32. The van der Waals surface area contributed by atoms with E-state index in [4.69, 9.17) is 4.74 Å². The van der Waals surface area contributed by atoms with Crippen molar-refractivity contribution in [1.29, 1.82) is 0 Å². The molecule has 1 saturated heterocycles. The van der Waals surface area contributed by atoms with E-state index in [0.717, 1.165) is 6.42 Å². The van der Waals surface area contributed by atoms with E-state index in [9.17, 15) is 18.0 Å². The van der Waals surface area contributed by atoms with Crippen LogP contribution in [0, 0.1) is 0 Å². The lowest BCUT2D eigenvalue weighted by Crippen LogP contribution is -2.51. The minimum atomic E-state index is -3.77. The van der Waals surface area contributed by atoms with Crippen molar-refractivity contribution in [2.75, 3.05) is 36.8 Å². The van der Waals surface area contributed by atoms with Crippen LogP contribution in [0.5, 0.6) is 5.75 Å². The van der Waals surface area contributed by atoms with E-state index in [0.29, 0.717) is 17.1 Å². The number of benzene rings is 2. The molecule has 0 radical (unpaired) electrons. The fourth-order valence-electron chi connectivity index (χ4n) is 3.66. The highest BCUT2D eigenvalue weighted by molar-refractivity contribution is 7.89. The van der Waals surface area contributed by atoms with E-state index in [1.807, 2.05) is 24.3 Å². The molecule has 2 aliphatic heterocycles. The minimum Gasteiger partial charge on any atom is -0.479 e. The van der Waals surface area contributed by atoms with Crippen molar-refractivity contribution in [3.8, 4) is 5.75 Å². The molecule has 0 saturated carbocycles. The van der Waals surface area contributed by atoms with Crippen LogP contribution in [-0.2, 0) is 21.2 Å². The van der Waals surface area contributed by atoms with Crippen LogP contribution < -0.4 is 15.4 Å². The number of hydrogen-bond acceptors (Lipinski definition) is 5. The largest absolute Gasteiger partial charge is 0.479 e. The van der Waals surface area contributed by atoms with Gasteiger partial charge in [-0.15, -0.1) is 0 Å². The molecular formula is C22H26N4O5S. The van der Waals surface area contributed by atoms with Gasteiger partial charge in [0.25, 0.3) is 5.91 Å². The summed E-state index contributed by atoms with van der Waals surface area (Å²) in [5.41, 5.74) is 2.22. The van der Waals surface area contributed by atoms with Crippen molar-refractivity contribution in [2.45, 2.75) is 31.3 Å². The number of aryl methyl sites for hydroxylation is 1. The van der Waals surface area contributed by atoms with Crippen LogP contribution in [0.25, 0.3) is 0 Å². The molecule has 32 heavy (non-hydrogen) atoms. The van der Waals surface area contributed by atoms with E-state index >= 15 is 0 Å². The summed E-state index contributed by atoms with van der Waals surface area (Å²) in [6.07, 6.45) is 0.293. The van der Waals surface area contributed by atoms with Gasteiger partial charge in [-0.2, -0.15) is 4.31 Å². The summed E-state index contributed by atoms with van der Waals surface area (Å²) in [6.45, 7) is 4.61. The molecule has 0 aromatic heterocycles. The lowest BCUT2D eigenvalue weighted by molar-refractivity contribution is -0.122. The Bertz CT molecular complexity index is 1130. The number of hydrogen-bond donors (Lipinski definition) is 2. The third-order valence-electron chi connectivity index (χ3n) is 5.66. The van der Waals surface area contributed by atoms with Gasteiger partial charge in [-0.25, -0.2) is 13.2 Å². The smallest absolute Gasteiger partial charge is 0.321 e. The van der Waals surface area contributed by atoms with E-state index < -0.39 is 16.1 Å². The second-order valence-corrected chi connectivity index (χ2v) is 9.72. The quantitative estimate of drug-likeness (QED) is 0.732. The molecule has 2 N–H and O–H groups in total. The SMILES string of the molecule is CCc1ccc(NC(=O)N2CCN(S(=O)(=O)c3ccc4c(c3)NC(=O)C(C)O4)CC2)cc1. The Labute approximate surface area is 187 Å². The number of rotatable bonds is 4. The number of ether oxygens (including phenoxy) is 1. The maximum Gasteiger partial charge on any atom is 0.321 e. The average molecular weight is 459 g/mol. The zero-order chi connectivity index (χ0) is 22.9. The molecule has 0 spiro atoms. The number of nitrogens with zero attached hydrogens (tertiary/aromatic N) is 2. The van der Waals surface area contributed by atoms with Gasteiger partial charge < -0.3 is 20.3 Å². The lowest BCUT2D eigenvalue weighted by Gasteiger charge is -2.34. The van der Waals surface area contributed by atoms with Crippen LogP contribution in [-0.4, -0.2) is 61.8 Å². The number of sulfonamides is 1. The molecule has 2 heterocycles. The first-order valence-corrected chi connectivity index (χ1v) is 12.0. The molecule has 3 amide bonds. The van der Waals surface area contributed by atoms with Gasteiger partial charge in [0.05, 0.1) is 10.6 Å². The summed E-state index contributed by atoms with van der Waals surface area (Å²) < 4.78 is 33.0. The van der Waals surface area contributed by atoms with Crippen LogP contribution in [0.15, 0.2) is 47.4 Å². The third-order valence-corrected chi connectivity index (χ3v) is 7.55. The molecule has 2 aliphatic rings. The number of carbonyl (C=O) groups is 2. The summed E-state index contributed by atoms with van der Waals surface area (Å²) in [5.74, 6) is 0.112. The number of urea groups is 1. The predicted molar refractivity (Wildman–Crippen MR) is 120 cm³/mol. The molecule has 2 aromatic rings. The third kappa shape index (κ3) is 4.42. The first-order chi connectivity index (χ1) is 15.3. The molecule has 0 bridgehead atoms. The normalized spacial score (nSPS) is 19.0. The molecule has 1 atom stereocenters. The summed E-state index contributed by atoms with van der Waals surface area (Å²) in [7, 11) is -3.77. The second kappa shape index (κ2) is 8.79. The first-order valence-electron chi connectivity index (χ1n) is 10.5. The van der Waals surface area contributed by atoms with Gasteiger partial charge in [0, 0.05) is 31.9 Å². The standard InChI is InChI=1S/C22H26N4O5S/c1-3-16-4-6-17(7-5-16)23-22(28)25-10-12-26(13-11-25)32(29,30)18-8-9-20-19(14-18)24-21(27)15(2)31-20/h4-9,14-15H,3,10-13H2,1-2H3,(H,23,28)(H,24,27). The van der Waals surface area contributed by atoms with E-state index in [-0.39, 0.29) is 43.0 Å². The highest BCUT2D eigenvalue weighted by Crippen LogP contribution is 2.33. The van der Waals surface area contributed by atoms with Gasteiger partial charge in [-0.1, -0.05) is 19.1 Å². The molecule has 2 aromatic carbocycles. The summed E-state index contributed by atoms with van der Waals surface area (Å²) in [6, 6.07) is 11.8. The van der Waals surface area contributed by atoms with Crippen LogP contribution >= 0.6 is 0 Å². The maximum absolute atomic E-state index is 13.1. The Morgan fingerprint density at radius 3 is 2.47 bits per heavy atom. The average Bonchev–Trinajstić information content (AvgIpc) is 2.80. The number of carbonyl (C=O) groups excluding carboxylic acids is 2. The van der Waals surface area contributed by atoms with Gasteiger partial charge in [0.15, 0.2) is 6.10 Å². The maximum atomic E-state index is 13.1. The fourth-order valence-corrected chi connectivity index (χ4v) is 5.10. The summed E-state index contributed by atoms with van der Waals surface area (Å²) >= 11 is 0. The molecule has 1 unspecified atom stereocenters. The first kappa shape index (κ1) is 22.1. The van der Waals surface area contributed by atoms with Gasteiger partial charge >= 0.3 is 6.03 Å². The Balaban J connectivity index is 1.39. The Kier molecular flexibility index (Phi) is 6.07. The van der Waals surface area contributed by atoms with Gasteiger partial charge in [0.1, 0.15) is 5.75 Å². The molecule has 10 heteroatoms. The Morgan fingerprint density at radius 1 is 1.12 bits per heavy atom. The number of nitrogens with one attached hydrogen (secondary N) is 2. The molecular weight excluding hydrogens is 432 g/mol. The Morgan fingerprint density at radius 2 is 1.81 bits per heavy atom. The van der Waals surface area contributed by atoms with Crippen molar-refractivity contribution in [1.82, 2.24) is 9.21 Å². The summed E-state index contributed by atoms with van der Waals surface area (Å²) in [4.78, 5) is 26.1. The van der Waals surface area contributed by atoms with Crippen molar-refractivity contribution < 1.29 is 22.7 Å². The Hall–Kier alpha value is -3.11. The highest BCUT2D eigenvalue weighted by atomic mass is 32.2. The number of amides is 3. The van der Waals surface area contributed by atoms with Crippen molar-refractivity contribution in [3.63, 3.8) is 0 Å². The van der Waals surface area contributed by atoms with Gasteiger partial charge in [-0.05, 0) is 49.2 Å². The topological polar surface area (TPSA) is 108 Å². The lowest BCUT2D eigenvalue weighted by atomic mass is 10.1. The number of piperazine rings is 1. The van der Waals surface area contributed by atoms with E-state index in [1.165, 1.54) is 22.0 Å². The zero-order valence-corrected chi connectivity index (χ0v) is 18.8. The van der Waals surface area contributed by atoms with E-state index in [2.05, 4.69) is 17.6 Å². The van der Waals surface area contributed by atoms with Crippen molar-refractivity contribution in [2.24, 2.45) is 0 Å². The molecule has 4 rings (SSSR count). The second-order valence-electron chi connectivity index (χ2n) is 7.78. The molecule has 1 fully saturated rings. The summed E-state index contributed by atoms with van der Waals surface area (Å²) in [5, 5.41) is 5.52. The number of anilines is 2. The van der Waals surface area contributed by atoms with Crippen LogP contribution in [0.4, 0.5) is 16.2 Å². The minimum absolute atomic E-state index is 0.0728. The monoisotopic (exact) mass is 458 g/mol. The van der Waals surface area contributed by atoms with Gasteiger partial charge in [-0.3, -0.25) is 4.79 Å². The predicted octanol–water partition coefficient (Wildman–Crippen LogP) is 2.51. The van der Waals surface area contributed by atoms with Gasteiger partial charge in [0.2, 0.25) is 10.0 Å². The van der Waals surface area contributed by atoms with Crippen molar-refractivity contribution >= 4 is 33.3 Å². The molecule has 9 nitrogen and oxygen atoms in total. The van der Waals surface area contributed by atoms with E-state index in [1.54, 1.807) is 17.9 Å². The van der Waals surface area contributed by atoms with Crippen molar-refractivity contribution in [3.05, 3.63) is 48.0 Å². The molecule has 0 aliphatic carbocycles. The van der Waals surface area contributed by atoms with Crippen LogP contribution in [0.3, 0.4) is 0 Å². The van der Waals surface area contributed by atoms with Crippen LogP contribution in [0.2, 0.25) is 0 Å². The van der Waals surface area contributed by atoms with Crippen LogP contribution in [0.1, 0.15) is 19.4 Å². The number of fused-ring (bicyclic) bond motifs is 1. The fraction of sp³-hybridized carbons (Fsp3) is 0.364. The zero-order valence-electron chi connectivity index (χ0n) is 18.0.